The smallest absolute Gasteiger partial charge is 0.254 e. The summed E-state index contributed by atoms with van der Waals surface area (Å²) in [5, 5.41) is 5.27. The summed E-state index contributed by atoms with van der Waals surface area (Å²) in [5.74, 6) is -0.0918. The highest BCUT2D eigenvalue weighted by Crippen LogP contribution is 2.44. The van der Waals surface area contributed by atoms with Gasteiger partial charge in [-0.3, -0.25) is 14.5 Å². The second kappa shape index (κ2) is 12.1. The highest BCUT2D eigenvalue weighted by molar-refractivity contribution is 7.10. The molecule has 2 amide bonds. The fraction of sp³-hybridized carbons (Fsp3) is 0.419. The lowest BCUT2D eigenvalue weighted by Gasteiger charge is -2.42. The van der Waals surface area contributed by atoms with Gasteiger partial charge in [0, 0.05) is 55.4 Å². The average Bonchev–Trinajstić information content (AvgIpc) is 3.48. The number of benzene rings is 2. The van der Waals surface area contributed by atoms with Gasteiger partial charge in [0.25, 0.3) is 5.91 Å². The van der Waals surface area contributed by atoms with Crippen molar-refractivity contribution in [1.29, 1.82) is 0 Å². The lowest BCUT2D eigenvalue weighted by atomic mass is 9.81. The van der Waals surface area contributed by atoms with Gasteiger partial charge < -0.3 is 15.1 Å². The van der Waals surface area contributed by atoms with E-state index in [0.29, 0.717) is 24.6 Å². The number of carbonyl (C=O) groups is 2. The number of nitrogens with zero attached hydrogens (tertiary/aromatic N) is 3. The Bertz CT molecular complexity index is 1210. The Kier molecular flexibility index (Phi) is 8.45. The Hall–Kier alpha value is -3.16. The standard InChI is InChI=1S/C31H38N4O2S/c1-23(2)22-35-29(27-14-8-21-38-27)28(25-12-6-7-13-26(25)31(35)37)30(36)32-15-9-16-33-17-19-34(20-18-33)24-10-4-3-5-11-24/h3-8,10-14,21,23,28-29H,9,15-20,22H2,1-2H3,(H,32,36)/t28-,29+/m1/s1. The molecule has 0 spiro atoms. The molecule has 2 aliphatic heterocycles. The zero-order valence-electron chi connectivity index (χ0n) is 22.4. The van der Waals surface area contributed by atoms with Gasteiger partial charge >= 0.3 is 0 Å². The van der Waals surface area contributed by atoms with Crippen LogP contribution in [-0.4, -0.2) is 67.4 Å². The third kappa shape index (κ3) is 5.79. The van der Waals surface area contributed by atoms with Crippen molar-refractivity contribution >= 4 is 28.8 Å². The van der Waals surface area contributed by atoms with E-state index in [1.54, 1.807) is 11.3 Å². The molecule has 0 aliphatic carbocycles. The molecule has 200 valence electrons. The lowest BCUT2D eigenvalue weighted by molar-refractivity contribution is -0.124. The minimum absolute atomic E-state index is 0.00556. The van der Waals surface area contributed by atoms with Crippen LogP contribution in [0.1, 0.15) is 53.0 Å². The highest BCUT2D eigenvalue weighted by Gasteiger charge is 2.44. The maximum atomic E-state index is 13.8. The molecule has 1 saturated heterocycles. The summed E-state index contributed by atoms with van der Waals surface area (Å²) in [6, 6.07) is 22.0. The number of fused-ring (bicyclic) bond motifs is 1. The zero-order valence-corrected chi connectivity index (χ0v) is 23.2. The van der Waals surface area contributed by atoms with Gasteiger partial charge in [-0.1, -0.05) is 56.3 Å². The predicted molar refractivity (Wildman–Crippen MR) is 155 cm³/mol. The van der Waals surface area contributed by atoms with Gasteiger partial charge in [-0.05, 0) is 54.1 Å². The van der Waals surface area contributed by atoms with Crippen LogP contribution >= 0.6 is 11.3 Å². The number of carbonyl (C=O) groups excluding carboxylic acids is 2. The number of piperazine rings is 1. The maximum absolute atomic E-state index is 13.8. The number of amides is 2. The van der Waals surface area contributed by atoms with Crippen LogP contribution in [-0.2, 0) is 4.79 Å². The summed E-state index contributed by atoms with van der Waals surface area (Å²) >= 11 is 1.62. The number of rotatable bonds is 9. The molecule has 2 aliphatic rings. The molecule has 5 rings (SSSR count). The summed E-state index contributed by atoms with van der Waals surface area (Å²) in [6.45, 7) is 10.6. The Morgan fingerprint density at radius 1 is 0.974 bits per heavy atom. The van der Waals surface area contributed by atoms with Crippen LogP contribution in [0.4, 0.5) is 5.69 Å². The normalized spacial score (nSPS) is 20.0. The van der Waals surface area contributed by atoms with Crippen molar-refractivity contribution in [3.63, 3.8) is 0 Å². The molecule has 0 bridgehead atoms. The van der Waals surface area contributed by atoms with E-state index in [-0.39, 0.29) is 17.9 Å². The van der Waals surface area contributed by atoms with Crippen LogP contribution in [0, 0.1) is 5.92 Å². The van der Waals surface area contributed by atoms with Crippen LogP contribution in [0.3, 0.4) is 0 Å². The van der Waals surface area contributed by atoms with Gasteiger partial charge in [-0.25, -0.2) is 0 Å². The van der Waals surface area contributed by atoms with Crippen molar-refractivity contribution in [1.82, 2.24) is 15.1 Å². The largest absolute Gasteiger partial charge is 0.369 e. The van der Waals surface area contributed by atoms with Gasteiger partial charge in [0.2, 0.25) is 5.91 Å². The average molecular weight is 531 g/mol. The molecule has 3 aromatic rings. The Balaban J connectivity index is 1.23. The van der Waals surface area contributed by atoms with Crippen molar-refractivity contribution in [2.45, 2.75) is 32.2 Å². The van der Waals surface area contributed by atoms with E-state index in [2.05, 4.69) is 65.4 Å². The SMILES string of the molecule is CC(C)CN1C(=O)c2ccccc2[C@@H](C(=O)NCCCN2CCN(c3ccccc3)CC2)[C@@H]1c1cccs1. The first-order chi connectivity index (χ1) is 18.5. The van der Waals surface area contributed by atoms with E-state index in [1.165, 1.54) is 5.69 Å². The molecule has 1 aromatic heterocycles. The fourth-order valence-electron chi connectivity index (χ4n) is 5.74. The van der Waals surface area contributed by atoms with Gasteiger partial charge in [0.1, 0.15) is 0 Å². The molecular weight excluding hydrogens is 492 g/mol. The monoisotopic (exact) mass is 530 g/mol. The summed E-state index contributed by atoms with van der Waals surface area (Å²) < 4.78 is 0. The third-order valence-corrected chi connectivity index (χ3v) is 8.50. The summed E-state index contributed by atoms with van der Waals surface area (Å²) in [5.41, 5.74) is 2.78. The summed E-state index contributed by atoms with van der Waals surface area (Å²) in [7, 11) is 0. The molecule has 0 radical (unpaired) electrons. The van der Waals surface area contributed by atoms with E-state index in [1.807, 2.05) is 40.6 Å². The molecule has 6 nitrogen and oxygen atoms in total. The Labute approximate surface area is 230 Å². The van der Waals surface area contributed by atoms with Crippen LogP contribution in [0.2, 0.25) is 0 Å². The first-order valence-electron chi connectivity index (χ1n) is 13.8. The fourth-order valence-corrected chi connectivity index (χ4v) is 6.61. The van der Waals surface area contributed by atoms with Crippen molar-refractivity contribution in [2.75, 3.05) is 50.7 Å². The minimum Gasteiger partial charge on any atom is -0.369 e. The molecule has 0 unspecified atom stereocenters. The minimum atomic E-state index is -0.421. The van der Waals surface area contributed by atoms with Crippen LogP contribution < -0.4 is 10.2 Å². The van der Waals surface area contributed by atoms with Crippen LogP contribution in [0.15, 0.2) is 72.1 Å². The molecule has 7 heteroatoms. The molecule has 1 fully saturated rings. The van der Waals surface area contributed by atoms with Gasteiger partial charge in [-0.2, -0.15) is 0 Å². The number of hydrogen-bond acceptors (Lipinski definition) is 5. The molecule has 1 N–H and O–H groups in total. The molecule has 0 saturated carbocycles. The number of nitrogens with one attached hydrogen (secondary N) is 1. The Morgan fingerprint density at radius 2 is 1.71 bits per heavy atom. The third-order valence-electron chi connectivity index (χ3n) is 7.56. The molecule has 3 heterocycles. The molecular formula is C31H38N4O2S. The summed E-state index contributed by atoms with van der Waals surface area (Å²) in [4.78, 5) is 35.3. The van der Waals surface area contributed by atoms with Crippen molar-refractivity contribution < 1.29 is 9.59 Å². The highest BCUT2D eigenvalue weighted by atomic mass is 32.1. The number of para-hydroxylation sites is 1. The molecule has 2 atom stereocenters. The van der Waals surface area contributed by atoms with Gasteiger partial charge in [0.05, 0.1) is 12.0 Å². The zero-order chi connectivity index (χ0) is 26.5. The van der Waals surface area contributed by atoms with Gasteiger partial charge in [-0.15, -0.1) is 11.3 Å². The molecule has 38 heavy (non-hydrogen) atoms. The first-order valence-corrected chi connectivity index (χ1v) is 14.6. The van der Waals surface area contributed by atoms with Crippen molar-refractivity contribution in [3.8, 4) is 0 Å². The predicted octanol–water partition coefficient (Wildman–Crippen LogP) is 5.01. The second-order valence-electron chi connectivity index (χ2n) is 10.7. The van der Waals surface area contributed by atoms with E-state index in [9.17, 15) is 9.59 Å². The number of thiophene rings is 1. The van der Waals surface area contributed by atoms with E-state index < -0.39 is 5.92 Å². The maximum Gasteiger partial charge on any atom is 0.254 e. The lowest BCUT2D eigenvalue weighted by Crippen LogP contribution is -2.49. The van der Waals surface area contributed by atoms with Crippen LogP contribution in [0.25, 0.3) is 0 Å². The first kappa shape index (κ1) is 26.4. The van der Waals surface area contributed by atoms with Crippen molar-refractivity contribution in [3.05, 3.63) is 88.1 Å². The number of anilines is 1. The molecule has 2 aromatic carbocycles. The Morgan fingerprint density at radius 3 is 2.42 bits per heavy atom. The quantitative estimate of drug-likeness (QED) is 0.395. The van der Waals surface area contributed by atoms with Crippen LogP contribution in [0.5, 0.6) is 0 Å². The van der Waals surface area contributed by atoms with Gasteiger partial charge in [0.15, 0.2) is 0 Å². The number of hydrogen-bond donors (Lipinski definition) is 1. The summed E-state index contributed by atoms with van der Waals surface area (Å²) in [6.07, 6.45) is 0.906. The van der Waals surface area contributed by atoms with E-state index in [0.717, 1.165) is 49.6 Å². The van der Waals surface area contributed by atoms with Crippen molar-refractivity contribution in [2.24, 2.45) is 5.92 Å². The van der Waals surface area contributed by atoms with E-state index in [4.69, 9.17) is 0 Å². The topological polar surface area (TPSA) is 55.9 Å². The second-order valence-corrected chi connectivity index (χ2v) is 11.7. The van der Waals surface area contributed by atoms with E-state index >= 15 is 0 Å².